The quantitative estimate of drug-likeness (QED) is 0.668. The zero-order valence-electron chi connectivity index (χ0n) is 15.3. The number of hydrogen-bond acceptors (Lipinski definition) is 5. The highest BCUT2D eigenvalue weighted by Crippen LogP contribution is 2.26. The number of pyridine rings is 1. The number of aromatic nitrogens is 4. The van der Waals surface area contributed by atoms with Crippen molar-refractivity contribution in [2.24, 2.45) is 5.92 Å². The molecule has 1 aliphatic heterocycles. The third kappa shape index (κ3) is 4.01. The predicted molar refractivity (Wildman–Crippen MR) is 99.9 cm³/mol. The maximum atomic E-state index is 12.6. The minimum Gasteiger partial charge on any atom is -0.356 e. The number of piperidine rings is 1. The molecule has 0 spiro atoms. The Kier molecular flexibility index (Phi) is 4.85. The second kappa shape index (κ2) is 7.34. The van der Waals surface area contributed by atoms with E-state index in [1.807, 2.05) is 11.0 Å². The van der Waals surface area contributed by atoms with Crippen LogP contribution < -0.4 is 16.0 Å². The molecular weight excluding hydrogens is 387 g/mol. The van der Waals surface area contributed by atoms with Crippen molar-refractivity contribution in [3.63, 3.8) is 0 Å². The zero-order valence-corrected chi connectivity index (χ0v) is 15.3. The molecule has 152 valence electrons. The molecule has 0 aliphatic carbocycles. The van der Waals surface area contributed by atoms with Crippen molar-refractivity contribution in [2.45, 2.75) is 25.6 Å². The smallest absolute Gasteiger partial charge is 0.356 e. The van der Waals surface area contributed by atoms with Crippen molar-refractivity contribution < 1.29 is 13.2 Å². The van der Waals surface area contributed by atoms with Crippen LogP contribution in [0.2, 0.25) is 0 Å². The number of halogens is 3. The Balaban J connectivity index is 1.44. The Morgan fingerprint density at radius 2 is 1.83 bits per heavy atom. The fourth-order valence-electron chi connectivity index (χ4n) is 3.54. The summed E-state index contributed by atoms with van der Waals surface area (Å²) < 4.78 is 40.6. The van der Waals surface area contributed by atoms with Gasteiger partial charge in [0.1, 0.15) is 11.5 Å². The molecule has 0 N–H and O–H groups in total. The van der Waals surface area contributed by atoms with Gasteiger partial charge in [-0.1, -0.05) is 6.07 Å². The largest absolute Gasteiger partial charge is 0.433 e. The molecule has 0 unspecified atom stereocenters. The number of alkyl halides is 3. The van der Waals surface area contributed by atoms with E-state index in [9.17, 15) is 22.8 Å². The molecule has 1 saturated heterocycles. The van der Waals surface area contributed by atoms with E-state index < -0.39 is 17.4 Å². The maximum absolute atomic E-state index is 12.6. The van der Waals surface area contributed by atoms with Crippen molar-refractivity contribution in [3.8, 4) is 0 Å². The van der Waals surface area contributed by atoms with E-state index >= 15 is 0 Å². The minimum atomic E-state index is -4.63. The summed E-state index contributed by atoms with van der Waals surface area (Å²) >= 11 is 0. The summed E-state index contributed by atoms with van der Waals surface area (Å²) in [5.41, 5.74) is -1.48. The van der Waals surface area contributed by atoms with Gasteiger partial charge in [-0.2, -0.15) is 13.2 Å². The molecule has 10 heteroatoms. The molecule has 4 heterocycles. The number of nitrogens with zero attached hydrogens (tertiary/aromatic N) is 5. The standard InChI is InChI=1S/C19H18F3N5O2/c20-19(21,22)14-9-17(28)26(12-23-14)11-13-4-7-25(8-5-13)16-10-18(29)27-6-2-1-3-15(27)24-16/h1-3,6,9-10,12-13H,4-5,7-8,11H2. The van der Waals surface area contributed by atoms with E-state index in [1.54, 1.807) is 18.3 Å². The molecular formula is C19H18F3N5O2. The second-order valence-electron chi connectivity index (χ2n) is 7.07. The van der Waals surface area contributed by atoms with Crippen molar-refractivity contribution in [3.05, 3.63) is 69.3 Å². The van der Waals surface area contributed by atoms with E-state index in [1.165, 1.54) is 15.0 Å². The minimum absolute atomic E-state index is 0.129. The van der Waals surface area contributed by atoms with E-state index in [0.29, 0.717) is 37.2 Å². The third-order valence-corrected chi connectivity index (χ3v) is 5.12. The molecule has 0 saturated carbocycles. The third-order valence-electron chi connectivity index (χ3n) is 5.12. The summed E-state index contributed by atoms with van der Waals surface area (Å²) in [6, 6.07) is 7.37. The molecule has 0 radical (unpaired) electrons. The summed E-state index contributed by atoms with van der Waals surface area (Å²) in [6.07, 6.45) is -0.554. The van der Waals surface area contributed by atoms with Crippen LogP contribution in [0.15, 0.2) is 52.4 Å². The van der Waals surface area contributed by atoms with Gasteiger partial charge in [0.05, 0.1) is 6.33 Å². The summed E-state index contributed by atoms with van der Waals surface area (Å²) in [7, 11) is 0. The van der Waals surface area contributed by atoms with Crippen LogP contribution in [-0.4, -0.2) is 32.0 Å². The molecule has 4 rings (SSSR count). The molecule has 1 fully saturated rings. The molecule has 0 atom stereocenters. The van der Waals surface area contributed by atoms with E-state index in [0.717, 1.165) is 19.2 Å². The van der Waals surface area contributed by atoms with Gasteiger partial charge in [-0.3, -0.25) is 18.6 Å². The summed E-state index contributed by atoms with van der Waals surface area (Å²) in [5.74, 6) is 0.733. The fraction of sp³-hybridized carbons (Fsp3) is 0.368. The van der Waals surface area contributed by atoms with Gasteiger partial charge < -0.3 is 4.90 Å². The van der Waals surface area contributed by atoms with Crippen molar-refractivity contribution in [2.75, 3.05) is 18.0 Å². The molecule has 0 bridgehead atoms. The maximum Gasteiger partial charge on any atom is 0.433 e. The highest BCUT2D eigenvalue weighted by molar-refractivity contribution is 5.48. The lowest BCUT2D eigenvalue weighted by Crippen LogP contribution is -2.37. The summed E-state index contributed by atoms with van der Waals surface area (Å²) in [4.78, 5) is 34.1. The molecule has 7 nitrogen and oxygen atoms in total. The topological polar surface area (TPSA) is 72.5 Å². The predicted octanol–water partition coefficient (Wildman–Crippen LogP) is 2.19. The molecule has 3 aromatic rings. The Labute approximate surface area is 163 Å². The van der Waals surface area contributed by atoms with Crippen LogP contribution in [0.4, 0.5) is 19.0 Å². The first-order chi connectivity index (χ1) is 13.8. The lowest BCUT2D eigenvalue weighted by molar-refractivity contribution is -0.141. The molecule has 1 aliphatic rings. The van der Waals surface area contributed by atoms with Gasteiger partial charge in [0.25, 0.3) is 11.1 Å². The van der Waals surface area contributed by atoms with Crippen LogP contribution in [0.3, 0.4) is 0 Å². The summed E-state index contributed by atoms with van der Waals surface area (Å²) in [6.45, 7) is 1.59. The number of fused-ring (bicyclic) bond motifs is 1. The first-order valence-electron chi connectivity index (χ1n) is 9.18. The van der Waals surface area contributed by atoms with Crippen molar-refractivity contribution in [1.82, 2.24) is 18.9 Å². The Bertz CT molecular complexity index is 1150. The van der Waals surface area contributed by atoms with Crippen LogP contribution in [0, 0.1) is 5.92 Å². The van der Waals surface area contributed by atoms with E-state index in [-0.39, 0.29) is 11.5 Å². The fourth-order valence-corrected chi connectivity index (χ4v) is 3.54. The zero-order chi connectivity index (χ0) is 20.6. The lowest BCUT2D eigenvalue weighted by atomic mass is 9.96. The van der Waals surface area contributed by atoms with Gasteiger partial charge in [-0.15, -0.1) is 0 Å². The number of rotatable bonds is 3. The van der Waals surface area contributed by atoms with Crippen molar-refractivity contribution >= 4 is 11.5 Å². The molecule has 29 heavy (non-hydrogen) atoms. The van der Waals surface area contributed by atoms with Crippen LogP contribution >= 0.6 is 0 Å². The average Bonchev–Trinajstić information content (AvgIpc) is 2.69. The van der Waals surface area contributed by atoms with Gasteiger partial charge in [0.15, 0.2) is 5.69 Å². The Morgan fingerprint density at radius 3 is 2.52 bits per heavy atom. The van der Waals surface area contributed by atoms with Gasteiger partial charge in [0.2, 0.25) is 0 Å². The molecule has 3 aromatic heterocycles. The monoisotopic (exact) mass is 405 g/mol. The number of hydrogen-bond donors (Lipinski definition) is 0. The van der Waals surface area contributed by atoms with Crippen molar-refractivity contribution in [1.29, 1.82) is 0 Å². The van der Waals surface area contributed by atoms with E-state index in [2.05, 4.69) is 9.97 Å². The van der Waals surface area contributed by atoms with Gasteiger partial charge >= 0.3 is 6.18 Å². The van der Waals surface area contributed by atoms with E-state index in [4.69, 9.17) is 0 Å². The van der Waals surface area contributed by atoms with Gasteiger partial charge in [-0.05, 0) is 30.9 Å². The van der Waals surface area contributed by atoms with Crippen LogP contribution in [-0.2, 0) is 12.7 Å². The van der Waals surface area contributed by atoms with Crippen LogP contribution in [0.25, 0.3) is 5.65 Å². The van der Waals surface area contributed by atoms with Crippen LogP contribution in [0.5, 0.6) is 0 Å². The molecule has 0 aromatic carbocycles. The normalized spacial score (nSPS) is 15.8. The number of anilines is 1. The summed E-state index contributed by atoms with van der Waals surface area (Å²) in [5, 5.41) is 0. The average molecular weight is 405 g/mol. The lowest BCUT2D eigenvalue weighted by Gasteiger charge is -2.33. The first kappa shape index (κ1) is 19.2. The molecule has 0 amide bonds. The van der Waals surface area contributed by atoms with Crippen LogP contribution in [0.1, 0.15) is 18.5 Å². The SMILES string of the molecule is O=c1cc(C(F)(F)F)ncn1CC1CCN(c2cc(=O)n3ccccc3n2)CC1. The van der Waals surface area contributed by atoms with Gasteiger partial charge in [0, 0.05) is 38.0 Å². The highest BCUT2D eigenvalue weighted by atomic mass is 19.4. The Hall–Kier alpha value is -3.17. The highest BCUT2D eigenvalue weighted by Gasteiger charge is 2.33. The van der Waals surface area contributed by atoms with Gasteiger partial charge in [-0.25, -0.2) is 9.97 Å². The Morgan fingerprint density at radius 1 is 1.07 bits per heavy atom. The first-order valence-corrected chi connectivity index (χ1v) is 9.18. The second-order valence-corrected chi connectivity index (χ2v) is 7.07.